The molecule has 0 unspecified atom stereocenters. The molecule has 1 aliphatic rings. The number of aryl methyl sites for hydroxylation is 1. The molecule has 3 rings (SSSR count). The van der Waals surface area contributed by atoms with Crippen molar-refractivity contribution in [3.05, 3.63) is 42.0 Å². The highest BCUT2D eigenvalue weighted by molar-refractivity contribution is 7.89. The lowest BCUT2D eigenvalue weighted by atomic mass is 9.93. The van der Waals surface area contributed by atoms with Crippen LogP contribution >= 0.6 is 0 Å². The fourth-order valence-electron chi connectivity index (χ4n) is 2.89. The maximum atomic E-state index is 12.5. The first-order chi connectivity index (χ1) is 10.6. The predicted molar refractivity (Wildman–Crippen MR) is 82.7 cm³/mol. The minimum Gasteiger partial charge on any atom is -0.284 e. The number of nitrogens with one attached hydrogen (secondary N) is 1. The third kappa shape index (κ3) is 3.20. The van der Waals surface area contributed by atoms with Gasteiger partial charge in [0.15, 0.2) is 0 Å². The Morgan fingerprint density at radius 3 is 2.91 bits per heavy atom. The van der Waals surface area contributed by atoms with E-state index in [9.17, 15) is 8.42 Å². The number of rotatable bonds is 4. The molecule has 0 amide bonds. The van der Waals surface area contributed by atoms with Crippen LogP contribution in [0.25, 0.3) is 0 Å². The molecule has 2 aromatic rings. The van der Waals surface area contributed by atoms with Crippen LogP contribution in [0.4, 0.5) is 0 Å². The summed E-state index contributed by atoms with van der Waals surface area (Å²) in [6.07, 6.45) is 7.49. The number of hydrogen-bond donors (Lipinski definition) is 1. The summed E-state index contributed by atoms with van der Waals surface area (Å²) >= 11 is 0. The van der Waals surface area contributed by atoms with E-state index in [2.05, 4.69) is 21.2 Å². The molecule has 3 heterocycles. The maximum Gasteiger partial charge on any atom is 0.246 e. The Balaban J connectivity index is 1.70. The molecule has 0 radical (unpaired) electrons. The highest BCUT2D eigenvalue weighted by Gasteiger charge is 2.30. The van der Waals surface area contributed by atoms with Crippen molar-refractivity contribution in [3.8, 4) is 0 Å². The summed E-state index contributed by atoms with van der Waals surface area (Å²) in [4.78, 5) is 4.55. The molecule has 1 fully saturated rings. The third-order valence-electron chi connectivity index (χ3n) is 4.09. The van der Waals surface area contributed by atoms with Gasteiger partial charge in [0.2, 0.25) is 10.0 Å². The van der Waals surface area contributed by atoms with Crippen LogP contribution in [0, 0.1) is 12.8 Å². The van der Waals surface area contributed by atoms with Crippen molar-refractivity contribution in [3.63, 3.8) is 0 Å². The van der Waals surface area contributed by atoms with E-state index in [0.717, 1.165) is 30.5 Å². The fraction of sp³-hybridized carbons (Fsp3) is 0.467. The van der Waals surface area contributed by atoms with E-state index < -0.39 is 10.0 Å². The summed E-state index contributed by atoms with van der Waals surface area (Å²) in [7, 11) is -3.43. The number of nitrogens with zero attached hydrogens (tertiary/aromatic N) is 3. The number of piperidine rings is 1. The van der Waals surface area contributed by atoms with E-state index in [0.29, 0.717) is 19.0 Å². The molecule has 22 heavy (non-hydrogen) atoms. The summed E-state index contributed by atoms with van der Waals surface area (Å²) in [6.45, 7) is 3.10. The van der Waals surface area contributed by atoms with Gasteiger partial charge in [0, 0.05) is 31.2 Å². The van der Waals surface area contributed by atoms with Gasteiger partial charge in [-0.15, -0.1) is 0 Å². The van der Waals surface area contributed by atoms with Gasteiger partial charge in [0.1, 0.15) is 4.90 Å². The Hall–Kier alpha value is -1.73. The maximum absolute atomic E-state index is 12.5. The normalized spacial score (nSPS) is 20.1. The van der Waals surface area contributed by atoms with Gasteiger partial charge in [-0.1, -0.05) is 6.07 Å². The molecule has 0 aromatic carbocycles. The summed E-state index contributed by atoms with van der Waals surface area (Å²) in [5, 5.41) is 6.31. The molecule has 2 aromatic heterocycles. The van der Waals surface area contributed by atoms with Crippen LogP contribution in [0.2, 0.25) is 0 Å². The monoisotopic (exact) mass is 320 g/mol. The molecule has 1 saturated heterocycles. The first kappa shape index (κ1) is 15.2. The number of pyridine rings is 1. The van der Waals surface area contributed by atoms with Crippen molar-refractivity contribution in [2.24, 2.45) is 5.92 Å². The van der Waals surface area contributed by atoms with Crippen molar-refractivity contribution in [1.29, 1.82) is 0 Å². The zero-order chi connectivity index (χ0) is 15.6. The summed E-state index contributed by atoms with van der Waals surface area (Å²) < 4.78 is 26.7. The number of hydrogen-bond acceptors (Lipinski definition) is 4. The molecule has 7 heteroatoms. The molecule has 0 spiro atoms. The fourth-order valence-corrected chi connectivity index (χ4v) is 4.36. The van der Waals surface area contributed by atoms with Gasteiger partial charge >= 0.3 is 0 Å². The van der Waals surface area contributed by atoms with Crippen molar-refractivity contribution >= 4 is 10.0 Å². The first-order valence-corrected chi connectivity index (χ1v) is 8.90. The van der Waals surface area contributed by atoms with Crippen molar-refractivity contribution in [2.45, 2.75) is 31.1 Å². The molecule has 6 nitrogen and oxygen atoms in total. The van der Waals surface area contributed by atoms with E-state index in [1.807, 2.05) is 19.2 Å². The van der Waals surface area contributed by atoms with Crippen LogP contribution in [0.15, 0.2) is 35.6 Å². The molecular weight excluding hydrogens is 300 g/mol. The van der Waals surface area contributed by atoms with E-state index in [-0.39, 0.29) is 4.90 Å². The van der Waals surface area contributed by atoms with Crippen LogP contribution in [0.3, 0.4) is 0 Å². The Kier molecular flexibility index (Phi) is 4.26. The second kappa shape index (κ2) is 6.18. The second-order valence-corrected chi connectivity index (χ2v) is 7.76. The van der Waals surface area contributed by atoms with Crippen LogP contribution in [-0.4, -0.2) is 41.0 Å². The number of aromatic nitrogens is 3. The molecule has 1 atom stereocenters. The first-order valence-electron chi connectivity index (χ1n) is 7.46. The minimum absolute atomic E-state index is 0.241. The molecule has 1 aliphatic heterocycles. The average molecular weight is 320 g/mol. The highest BCUT2D eigenvalue weighted by atomic mass is 32.2. The van der Waals surface area contributed by atoms with E-state index in [4.69, 9.17) is 0 Å². The number of sulfonamides is 1. The summed E-state index contributed by atoms with van der Waals surface area (Å²) in [5.74, 6) is 0.333. The third-order valence-corrected chi connectivity index (χ3v) is 5.92. The zero-order valence-electron chi connectivity index (χ0n) is 12.6. The number of aromatic amines is 1. The Bertz CT molecular complexity index is 711. The minimum atomic E-state index is -3.43. The molecule has 0 aliphatic carbocycles. The van der Waals surface area contributed by atoms with Crippen molar-refractivity contribution < 1.29 is 8.42 Å². The van der Waals surface area contributed by atoms with E-state index in [1.54, 1.807) is 4.31 Å². The molecule has 1 N–H and O–H groups in total. The van der Waals surface area contributed by atoms with Crippen molar-refractivity contribution in [1.82, 2.24) is 19.5 Å². The Labute approximate surface area is 130 Å². The second-order valence-electron chi connectivity index (χ2n) is 5.82. The number of H-pyrrole nitrogens is 1. The lowest BCUT2D eigenvalue weighted by Gasteiger charge is -2.31. The van der Waals surface area contributed by atoms with Gasteiger partial charge < -0.3 is 0 Å². The standard InChI is InChI=1S/C15H20N4O2S/c1-12-4-5-13(8-16-12)7-14-3-2-6-19(11-14)22(20,21)15-9-17-18-10-15/h4-5,8-10,14H,2-3,6-7,11H2,1H3,(H,17,18)/t14-/m0/s1. The predicted octanol–water partition coefficient (Wildman–Crippen LogP) is 1.76. The topological polar surface area (TPSA) is 79.0 Å². The van der Waals surface area contributed by atoms with Gasteiger partial charge in [0.25, 0.3) is 0 Å². The van der Waals surface area contributed by atoms with Crippen LogP contribution in [-0.2, 0) is 16.4 Å². The smallest absolute Gasteiger partial charge is 0.246 e. The van der Waals surface area contributed by atoms with Gasteiger partial charge in [0.05, 0.1) is 6.20 Å². The SMILES string of the molecule is Cc1ccc(C[C@@H]2CCCN(S(=O)(=O)c3cn[nH]c3)C2)cn1. The van der Waals surface area contributed by atoms with Gasteiger partial charge in [-0.2, -0.15) is 9.40 Å². The summed E-state index contributed by atoms with van der Waals surface area (Å²) in [6, 6.07) is 4.07. The van der Waals surface area contributed by atoms with Gasteiger partial charge in [-0.3, -0.25) is 10.1 Å². The highest BCUT2D eigenvalue weighted by Crippen LogP contribution is 2.25. The average Bonchev–Trinajstić information content (AvgIpc) is 3.05. The zero-order valence-corrected chi connectivity index (χ0v) is 13.4. The molecular formula is C15H20N4O2S. The largest absolute Gasteiger partial charge is 0.284 e. The quantitative estimate of drug-likeness (QED) is 0.931. The van der Waals surface area contributed by atoms with Gasteiger partial charge in [-0.05, 0) is 43.7 Å². The summed E-state index contributed by atoms with van der Waals surface area (Å²) in [5.41, 5.74) is 2.16. The lowest BCUT2D eigenvalue weighted by Crippen LogP contribution is -2.40. The van der Waals surface area contributed by atoms with Crippen molar-refractivity contribution in [2.75, 3.05) is 13.1 Å². The van der Waals surface area contributed by atoms with Gasteiger partial charge in [-0.25, -0.2) is 8.42 Å². The van der Waals surface area contributed by atoms with Crippen LogP contribution in [0.1, 0.15) is 24.1 Å². The Morgan fingerprint density at radius 1 is 1.36 bits per heavy atom. The molecule has 0 bridgehead atoms. The Morgan fingerprint density at radius 2 is 2.23 bits per heavy atom. The molecule has 0 saturated carbocycles. The van der Waals surface area contributed by atoms with Crippen LogP contribution < -0.4 is 0 Å². The van der Waals surface area contributed by atoms with E-state index in [1.165, 1.54) is 12.4 Å². The van der Waals surface area contributed by atoms with Crippen LogP contribution in [0.5, 0.6) is 0 Å². The lowest BCUT2D eigenvalue weighted by molar-refractivity contribution is 0.265. The van der Waals surface area contributed by atoms with E-state index >= 15 is 0 Å². The molecule has 118 valence electrons.